The minimum atomic E-state index is -3.63. The Morgan fingerprint density at radius 3 is 1.22 bits per heavy atom. The molecule has 0 aromatic heterocycles. The number of ether oxygens (including phenoxy) is 21. The zero-order valence-electron chi connectivity index (χ0n) is 66.9. The predicted molar refractivity (Wildman–Crippen MR) is 389 cm³/mol. The van der Waals surface area contributed by atoms with Gasteiger partial charge < -0.3 is 140 Å². The van der Waals surface area contributed by atoms with Crippen LogP contribution in [-0.4, -0.2) is 312 Å². The van der Waals surface area contributed by atoms with Crippen molar-refractivity contribution in [2.45, 2.75) is 328 Å². The molecular weight excluding hydrogens is 1530 g/mol. The van der Waals surface area contributed by atoms with Crippen LogP contribution < -0.4 is 0 Å². The first-order valence-electron chi connectivity index (χ1n) is 36.7. The zero-order valence-corrected chi connectivity index (χ0v) is 68.9. The molecule has 11 aliphatic rings. The number of aliphatic hydroxyl groups is 7. The van der Waals surface area contributed by atoms with Crippen molar-refractivity contribution < 1.29 is 177 Å². The Morgan fingerprint density at radius 1 is 0.505 bits per heavy atom. The van der Waals surface area contributed by atoms with Gasteiger partial charge in [0.05, 0.1) is 55.6 Å². The van der Waals surface area contributed by atoms with Gasteiger partial charge in [-0.2, -0.15) is 15.0 Å². The van der Waals surface area contributed by atoms with Crippen molar-refractivity contribution in [1.82, 2.24) is 0 Å². The first kappa shape index (κ1) is 100. The van der Waals surface area contributed by atoms with Gasteiger partial charge in [-0.15, -0.1) is 39.5 Å². The van der Waals surface area contributed by atoms with Crippen molar-refractivity contribution in [2.75, 3.05) is 48.4 Å². The van der Waals surface area contributed by atoms with Gasteiger partial charge in [-0.1, -0.05) is 50.3 Å². The number of carbonyl (C=O) groups is 2. The summed E-state index contributed by atoms with van der Waals surface area (Å²) in [6, 6.07) is 0. The average Bonchev–Trinajstić information content (AvgIpc) is 1.59. The van der Waals surface area contributed by atoms with E-state index < -0.39 is 156 Å². The van der Waals surface area contributed by atoms with Crippen LogP contribution in [0.3, 0.4) is 0 Å². The molecule has 0 aromatic rings. The third-order valence-electron chi connectivity index (χ3n) is 18.9. The molecule has 11 heterocycles. The van der Waals surface area contributed by atoms with Gasteiger partial charge in [-0.25, -0.2) is 0 Å². The van der Waals surface area contributed by atoms with Crippen LogP contribution in [0, 0.1) is 12.5 Å². The van der Waals surface area contributed by atoms with E-state index in [0.29, 0.717) is 32.1 Å². The fraction of sp³-hybridized carbons (Fsp3) is 0.800. The molecule has 11 fully saturated rings. The molecule has 36 heteroatoms. The zero-order chi connectivity index (χ0) is 83.8. The van der Waals surface area contributed by atoms with E-state index in [9.17, 15) is 48.6 Å². The van der Waals surface area contributed by atoms with Gasteiger partial charge in [0, 0.05) is 41.3 Å². The number of aliphatic hydroxyl groups excluding tert-OH is 7. The van der Waals surface area contributed by atoms with Crippen LogP contribution in [0.25, 0.3) is 0 Å². The third kappa shape index (κ3) is 27.9. The van der Waals surface area contributed by atoms with Crippen molar-refractivity contribution in [3.63, 3.8) is 0 Å². The molecule has 11 rings (SSSR count). The number of rotatable bonds is 27. The second kappa shape index (κ2) is 46.2. The maximum atomic E-state index is 11.4. The van der Waals surface area contributed by atoms with Crippen molar-refractivity contribution in [3.05, 3.63) is 82.5 Å². The Hall–Kier alpha value is -3.27. The summed E-state index contributed by atoms with van der Waals surface area (Å²) in [5.74, 6) is -2.75. The molecule has 0 aliphatic carbocycles. The van der Waals surface area contributed by atoms with E-state index in [2.05, 4.69) is 53.3 Å². The van der Waals surface area contributed by atoms with Gasteiger partial charge in [0.15, 0.2) is 54.6 Å². The summed E-state index contributed by atoms with van der Waals surface area (Å²) in [6.07, 6.45) is 0.917. The van der Waals surface area contributed by atoms with Gasteiger partial charge in [0.1, 0.15) is 110 Å². The molecule has 0 aromatic carbocycles. The number of aldehydes is 1. The standard InChI is InChI=1S/C13H22O7S.2C12H20O5.C12H20O3.C9H14O5.C9H15O4.C8H14O4.Mn.O/c1-6-7-8(20-21(5,14)15)9-10-11(12(16-4)17-9)19-13(2,3)18-10;2*1-5-6-7(13)8-9-10(11(14-4)15-8)17-12(2,3)16-9;1-5-7-11-12(14-9(4)13)8(3)10(6-2)15-11;1-9(2)13-6-5(4-10)12-8(11-3)7(6)14-9;1-3-4-6-8(10)9(11)7(13-6)5-12-2;1-2-3-5-7(10)8(11)6(4-9)12-5;;/h6,8-12H,1,7H2,2-5H3;2*5,7-11,13H,1,6H2,2-4H3;5,8,10-12H,1,6-7H2,2-4H3;4-8H,1-3H3;3,5-11H,1,4H2,2H3;2,5-11H,1,3-4H2;;/q;;;;;-1;;;/t8-,9?,10?,11?,12?;2*7-,8?,9?,10?,11?;;;;;;/m010....../s1. The molecule has 0 saturated carbocycles. The number of hydrogen-bond acceptors (Lipinski definition) is 34. The Balaban J connectivity index is 0.000000274. The van der Waals surface area contributed by atoms with E-state index in [1.807, 2.05) is 33.8 Å². The second-order valence-corrected chi connectivity index (χ2v) is 30.9. The Kier molecular flexibility index (Phi) is 41.6. The molecular formula is C75H125MnO34S-. The van der Waals surface area contributed by atoms with E-state index in [0.717, 1.165) is 25.4 Å². The van der Waals surface area contributed by atoms with Crippen LogP contribution in [0.2, 0.25) is 0 Å². The molecule has 28 unspecified atom stereocenters. The summed E-state index contributed by atoms with van der Waals surface area (Å²) in [7, 11) is 3.97. The molecule has 11 aliphatic heterocycles. The van der Waals surface area contributed by atoms with Crippen LogP contribution >= 0.6 is 0 Å². The SMILES string of the molecule is C=CCC1OC(CC)C(C)C1OC(C)=O.C=CCC1OC(CO)C(O)C1O.C=CCC1OC([CH-]OC)C(O)C1O.C=CC[C@@H](O)C1OC(OC)C2OC(C)(C)OC21.C=CC[C@H](O)C1OC(OC)C2OC(C)(C)OC21.C=CC[C@H](OS(C)(=O)=O)C1OC(OC)C2OC(C)(C)OC21.COC1OC(C=O)C2OC(C)(C)OC12.[O]=[Mn]. The molecule has 0 amide bonds. The summed E-state index contributed by atoms with van der Waals surface area (Å²) < 4.78 is 151. The number of hydrogen-bond donors (Lipinski definition) is 7. The summed E-state index contributed by atoms with van der Waals surface area (Å²) in [6.45, 7) is 42.8. The van der Waals surface area contributed by atoms with Gasteiger partial charge in [0.2, 0.25) is 0 Å². The van der Waals surface area contributed by atoms with E-state index in [1.54, 1.807) is 88.2 Å². The van der Waals surface area contributed by atoms with Crippen LogP contribution in [-0.2, 0) is 143 Å². The minimum absolute atomic E-state index is 0.0219. The van der Waals surface area contributed by atoms with E-state index in [4.69, 9.17) is 113 Å². The van der Waals surface area contributed by atoms with E-state index >= 15 is 0 Å². The molecule has 34 nitrogen and oxygen atoms in total. The fourth-order valence-electron chi connectivity index (χ4n) is 14.3. The Labute approximate surface area is 661 Å². The molecule has 0 spiro atoms. The van der Waals surface area contributed by atoms with Crippen LogP contribution in [0.5, 0.6) is 0 Å². The van der Waals surface area contributed by atoms with Gasteiger partial charge >= 0.3 is 25.7 Å². The monoisotopic (exact) mass is 1660 g/mol. The molecule has 111 heavy (non-hydrogen) atoms. The fourth-order valence-corrected chi connectivity index (χ4v) is 14.9. The Morgan fingerprint density at radius 2 is 0.856 bits per heavy atom. The number of carbonyl (C=O) groups excluding carboxylic acids is 2. The van der Waals surface area contributed by atoms with Gasteiger partial charge in [0.25, 0.3) is 10.1 Å². The van der Waals surface area contributed by atoms with Gasteiger partial charge in [-0.05, 0) is 114 Å². The van der Waals surface area contributed by atoms with Crippen molar-refractivity contribution >= 4 is 22.4 Å². The van der Waals surface area contributed by atoms with Crippen LogP contribution in [0.15, 0.2) is 75.9 Å². The molecule has 31 atom stereocenters. The van der Waals surface area contributed by atoms with Crippen molar-refractivity contribution in [1.29, 1.82) is 0 Å². The summed E-state index contributed by atoms with van der Waals surface area (Å²) in [5, 5.41) is 66.3. The molecule has 7 N–H and O–H groups in total. The topological polar surface area (TPSA) is 430 Å². The molecule has 11 saturated heterocycles. The summed E-state index contributed by atoms with van der Waals surface area (Å²) in [4.78, 5) is 21.7. The van der Waals surface area contributed by atoms with Crippen molar-refractivity contribution in [3.8, 4) is 0 Å². The summed E-state index contributed by atoms with van der Waals surface area (Å²) in [5.41, 5.74) is 0. The number of esters is 1. The quantitative estimate of drug-likeness (QED) is 0.0154. The first-order chi connectivity index (χ1) is 52.2. The Bertz CT molecular complexity index is 2890. The molecule has 0 bridgehead atoms. The average molecular weight is 1660 g/mol. The number of methoxy groups -OCH3 is 5. The van der Waals surface area contributed by atoms with Crippen LogP contribution in [0.4, 0.5) is 0 Å². The van der Waals surface area contributed by atoms with Crippen LogP contribution in [0.1, 0.15) is 121 Å². The normalized spacial score (nSPS) is 39.1. The third-order valence-corrected chi connectivity index (χ3v) is 19.5. The second-order valence-electron chi connectivity index (χ2n) is 29.3. The molecule has 643 valence electrons. The van der Waals surface area contributed by atoms with Crippen molar-refractivity contribution in [2.24, 2.45) is 5.92 Å². The first-order valence-corrected chi connectivity index (χ1v) is 39.0. The summed E-state index contributed by atoms with van der Waals surface area (Å²) >= 11 is 1.69. The number of fused-ring (bicyclic) bond motifs is 4. The van der Waals surface area contributed by atoms with Gasteiger partial charge in [-0.3, -0.25) is 8.98 Å². The predicted octanol–water partition coefficient (Wildman–Crippen LogP) is 3.60. The molecule has 0 radical (unpaired) electrons. The van der Waals surface area contributed by atoms with E-state index in [1.165, 1.54) is 34.9 Å². The maximum absolute atomic E-state index is 11.4. The van der Waals surface area contributed by atoms with E-state index in [-0.39, 0.29) is 79.5 Å².